The molecule has 334 valence electrons. The summed E-state index contributed by atoms with van der Waals surface area (Å²) < 4.78 is 0. The van der Waals surface area contributed by atoms with Crippen molar-refractivity contribution >= 4 is 57.2 Å². The minimum atomic E-state index is 0.0730. The molecule has 0 unspecified atom stereocenters. The zero-order valence-corrected chi connectivity index (χ0v) is 39.4. The Balaban J connectivity index is 1.06. The molecular formula is C66H57BN2. The topological polar surface area (TPSA) is 6.48 Å². The molecule has 0 atom stereocenters. The molecule has 4 aliphatic rings. The van der Waals surface area contributed by atoms with Crippen LogP contribution in [-0.4, -0.2) is 6.71 Å². The van der Waals surface area contributed by atoms with Gasteiger partial charge >= 0.3 is 0 Å². The highest BCUT2D eigenvalue weighted by Crippen LogP contribution is 2.49. The molecule has 0 amide bonds. The highest BCUT2D eigenvalue weighted by molar-refractivity contribution is 7.00. The molecule has 2 heterocycles. The number of hydrogen-bond donors (Lipinski definition) is 0. The van der Waals surface area contributed by atoms with Crippen LogP contribution < -0.4 is 26.2 Å². The van der Waals surface area contributed by atoms with Gasteiger partial charge in [0.25, 0.3) is 6.71 Å². The number of benzene rings is 9. The molecule has 0 saturated heterocycles. The maximum absolute atomic E-state index is 2.63. The van der Waals surface area contributed by atoms with Gasteiger partial charge in [0.1, 0.15) is 0 Å². The standard InChI is InChI=1S/C66H57BN2/c1-7-20-46(21-8-1)52-34-40-60-64(42-52)68(54-36-38-56(48-24-11-3-12-25-48)58(44-54)50-28-15-5-16-29-50)62-32-19-33-63-66(62)67(60)61-41-35-53(47-22-9-2-10-23-47)43-65(61)69(63)55-37-39-57(49-26-13-4-14-27-49)59(45-55)51-30-17-6-18-31-51/h3-6,11-19,24-47H,1-2,7-10,20-23H2. The zero-order valence-electron chi connectivity index (χ0n) is 39.4. The van der Waals surface area contributed by atoms with Gasteiger partial charge in [0.2, 0.25) is 0 Å². The Hall–Kier alpha value is -7.36. The lowest BCUT2D eigenvalue weighted by Gasteiger charge is -2.45. The lowest BCUT2D eigenvalue weighted by atomic mass is 9.33. The van der Waals surface area contributed by atoms with Crippen molar-refractivity contribution in [2.75, 3.05) is 9.80 Å². The highest BCUT2D eigenvalue weighted by atomic mass is 15.2. The monoisotopic (exact) mass is 888 g/mol. The number of nitrogens with zero attached hydrogens (tertiary/aromatic N) is 2. The third-order valence-corrected chi connectivity index (χ3v) is 16.1. The summed E-state index contributed by atoms with van der Waals surface area (Å²) in [4.78, 5) is 5.26. The third kappa shape index (κ3) is 7.51. The van der Waals surface area contributed by atoms with E-state index in [0.29, 0.717) is 11.8 Å². The van der Waals surface area contributed by atoms with E-state index in [1.54, 1.807) is 0 Å². The van der Waals surface area contributed by atoms with Crippen molar-refractivity contribution in [3.05, 3.63) is 223 Å². The summed E-state index contributed by atoms with van der Waals surface area (Å²) in [5.74, 6) is 1.17. The van der Waals surface area contributed by atoms with Gasteiger partial charge < -0.3 is 9.80 Å². The average molecular weight is 889 g/mol. The SMILES string of the molecule is c1ccc(-c2ccc(N3c4cc(C5CCCCC5)ccc4B4c5ccc(C6CCCCC6)cc5N(c5ccc(-c6ccccc6)c(-c6ccccc6)c5)c5cccc3c54)cc2-c2ccccc2)cc1. The molecule has 0 radical (unpaired) electrons. The normalized spacial score (nSPS) is 15.6. The minimum Gasteiger partial charge on any atom is -0.311 e. The van der Waals surface area contributed by atoms with Gasteiger partial charge in [-0.3, -0.25) is 0 Å². The van der Waals surface area contributed by atoms with E-state index in [2.05, 4.69) is 222 Å². The van der Waals surface area contributed by atoms with Crippen LogP contribution in [0.25, 0.3) is 44.5 Å². The van der Waals surface area contributed by atoms with E-state index in [1.165, 1.54) is 170 Å². The summed E-state index contributed by atoms with van der Waals surface area (Å²) in [5.41, 5.74) is 24.5. The first-order chi connectivity index (χ1) is 34.2. The van der Waals surface area contributed by atoms with Gasteiger partial charge in [0, 0.05) is 34.1 Å². The first kappa shape index (κ1) is 41.8. The van der Waals surface area contributed by atoms with Gasteiger partial charge in [-0.05, 0) is 158 Å². The second-order valence-corrected chi connectivity index (χ2v) is 20.0. The van der Waals surface area contributed by atoms with E-state index in [4.69, 9.17) is 0 Å². The molecule has 2 aliphatic carbocycles. The van der Waals surface area contributed by atoms with Gasteiger partial charge in [-0.15, -0.1) is 0 Å². The van der Waals surface area contributed by atoms with Crippen LogP contribution in [0.15, 0.2) is 212 Å². The van der Waals surface area contributed by atoms with Crippen molar-refractivity contribution in [3.63, 3.8) is 0 Å². The largest absolute Gasteiger partial charge is 0.311 e. The Labute approximate surface area is 409 Å². The second kappa shape index (κ2) is 17.9. The average Bonchev–Trinajstić information content (AvgIpc) is 3.44. The number of rotatable bonds is 8. The van der Waals surface area contributed by atoms with E-state index in [1.807, 2.05) is 0 Å². The Morgan fingerprint density at radius 2 is 0.681 bits per heavy atom. The maximum Gasteiger partial charge on any atom is 0.252 e. The fraction of sp³-hybridized carbons (Fsp3) is 0.182. The molecule has 9 aromatic carbocycles. The molecule has 9 aromatic rings. The van der Waals surface area contributed by atoms with Gasteiger partial charge in [0.15, 0.2) is 0 Å². The first-order valence-corrected chi connectivity index (χ1v) is 25.8. The molecule has 2 fully saturated rings. The Bertz CT molecular complexity index is 3080. The van der Waals surface area contributed by atoms with Crippen molar-refractivity contribution in [1.82, 2.24) is 0 Å². The summed E-state index contributed by atoms with van der Waals surface area (Å²) >= 11 is 0. The Morgan fingerprint density at radius 3 is 1.07 bits per heavy atom. The molecule has 2 saturated carbocycles. The van der Waals surface area contributed by atoms with Gasteiger partial charge in [-0.1, -0.05) is 202 Å². The smallest absolute Gasteiger partial charge is 0.252 e. The molecule has 0 aromatic heterocycles. The minimum absolute atomic E-state index is 0.0730. The number of hydrogen-bond acceptors (Lipinski definition) is 2. The van der Waals surface area contributed by atoms with Crippen LogP contribution in [0.1, 0.15) is 87.2 Å². The van der Waals surface area contributed by atoms with Crippen molar-refractivity contribution < 1.29 is 0 Å². The predicted molar refractivity (Wildman–Crippen MR) is 294 cm³/mol. The highest BCUT2D eigenvalue weighted by Gasteiger charge is 2.44. The molecule has 0 spiro atoms. The van der Waals surface area contributed by atoms with Crippen LogP contribution in [-0.2, 0) is 0 Å². The number of fused-ring (bicyclic) bond motifs is 4. The van der Waals surface area contributed by atoms with Crippen molar-refractivity contribution in [3.8, 4) is 44.5 Å². The molecule has 69 heavy (non-hydrogen) atoms. The van der Waals surface area contributed by atoms with E-state index < -0.39 is 0 Å². The molecule has 2 nitrogen and oxygen atoms in total. The summed E-state index contributed by atoms with van der Waals surface area (Å²) in [6.07, 6.45) is 13.0. The molecule has 3 heteroatoms. The maximum atomic E-state index is 2.63. The quantitative estimate of drug-likeness (QED) is 0.140. The van der Waals surface area contributed by atoms with E-state index in [0.717, 1.165) is 0 Å². The summed E-state index contributed by atoms with van der Waals surface area (Å²) in [6, 6.07) is 80.6. The van der Waals surface area contributed by atoms with Crippen LogP contribution in [0, 0.1) is 0 Å². The number of anilines is 6. The molecule has 0 N–H and O–H groups in total. The second-order valence-electron chi connectivity index (χ2n) is 20.0. The van der Waals surface area contributed by atoms with Crippen LogP contribution in [0.3, 0.4) is 0 Å². The van der Waals surface area contributed by atoms with E-state index >= 15 is 0 Å². The van der Waals surface area contributed by atoms with Crippen molar-refractivity contribution in [1.29, 1.82) is 0 Å². The molecule has 2 aliphatic heterocycles. The Kier molecular flexibility index (Phi) is 10.9. The van der Waals surface area contributed by atoms with Gasteiger partial charge in [-0.2, -0.15) is 0 Å². The van der Waals surface area contributed by atoms with Crippen molar-refractivity contribution in [2.45, 2.75) is 76.0 Å². The fourth-order valence-corrected chi connectivity index (χ4v) is 12.7. The molecular weight excluding hydrogens is 832 g/mol. The van der Waals surface area contributed by atoms with Gasteiger partial charge in [-0.25, -0.2) is 0 Å². The van der Waals surface area contributed by atoms with Crippen LogP contribution >= 0.6 is 0 Å². The fourth-order valence-electron chi connectivity index (χ4n) is 12.7. The van der Waals surface area contributed by atoms with Crippen LogP contribution in [0.4, 0.5) is 34.1 Å². The summed E-state index contributed by atoms with van der Waals surface area (Å²) in [7, 11) is 0. The third-order valence-electron chi connectivity index (χ3n) is 16.1. The zero-order chi connectivity index (χ0) is 45.7. The van der Waals surface area contributed by atoms with Gasteiger partial charge in [0.05, 0.1) is 0 Å². The van der Waals surface area contributed by atoms with E-state index in [9.17, 15) is 0 Å². The lowest BCUT2D eigenvalue weighted by Crippen LogP contribution is -2.61. The Morgan fingerprint density at radius 1 is 0.304 bits per heavy atom. The van der Waals surface area contributed by atoms with Crippen LogP contribution in [0.5, 0.6) is 0 Å². The molecule has 0 bridgehead atoms. The summed E-state index contributed by atoms with van der Waals surface area (Å²) in [6.45, 7) is 0.0730. The first-order valence-electron chi connectivity index (χ1n) is 25.8. The molecule has 13 rings (SSSR count). The summed E-state index contributed by atoms with van der Waals surface area (Å²) in [5, 5.41) is 0. The van der Waals surface area contributed by atoms with Crippen LogP contribution in [0.2, 0.25) is 0 Å². The van der Waals surface area contributed by atoms with E-state index in [-0.39, 0.29) is 6.71 Å². The predicted octanol–water partition coefficient (Wildman–Crippen LogP) is 16.5. The lowest BCUT2D eigenvalue weighted by molar-refractivity contribution is 0.444. The van der Waals surface area contributed by atoms with Crippen molar-refractivity contribution in [2.24, 2.45) is 0 Å².